The molecule has 6 heterocycles. The van der Waals surface area contributed by atoms with Crippen molar-refractivity contribution < 1.29 is 26.2 Å². The van der Waals surface area contributed by atoms with Crippen LogP contribution in [0.15, 0.2) is 97.1 Å². The molecular weight excluding hydrogens is 802 g/mol. The monoisotopic (exact) mass is 854 g/mol. The molecule has 0 amide bonds. The first-order chi connectivity index (χ1) is 30.3. The third kappa shape index (κ3) is 4.77. The summed E-state index contributed by atoms with van der Waals surface area (Å²) in [6.45, 7) is 11.7. The van der Waals surface area contributed by atoms with Gasteiger partial charge in [-0.2, -0.15) is 0 Å². The normalized spacial score (nSPS) is 20.8. The average molecular weight is 855 g/mol. The summed E-state index contributed by atoms with van der Waals surface area (Å²) in [5, 5.41) is 0. The van der Waals surface area contributed by atoms with Crippen molar-refractivity contribution in [3.8, 4) is 0 Å². The minimum absolute atomic E-state index is 0.104. The van der Waals surface area contributed by atoms with Gasteiger partial charge >= 0.3 is 13.9 Å². The zero-order valence-electron chi connectivity index (χ0n) is 38.3. The Kier molecular flexibility index (Phi) is 7.73. The van der Waals surface area contributed by atoms with Gasteiger partial charge in [0.1, 0.15) is 11.4 Å². The summed E-state index contributed by atoms with van der Waals surface area (Å²) in [7, 11) is 0. The number of nitrogens with zero attached hydrogens (tertiary/aromatic N) is 4. The summed E-state index contributed by atoms with van der Waals surface area (Å²) in [6, 6.07) is 32.4. The number of rotatable bonds is 2. The maximum absolute atomic E-state index is 18.1. The highest BCUT2D eigenvalue weighted by Crippen LogP contribution is 2.63. The van der Waals surface area contributed by atoms with Gasteiger partial charge in [-0.1, -0.05) is 114 Å². The molecule has 0 fully saturated rings. The van der Waals surface area contributed by atoms with Gasteiger partial charge in [0.2, 0.25) is 0 Å². The van der Waals surface area contributed by atoms with Gasteiger partial charge in [-0.05, 0) is 118 Å². The minimum atomic E-state index is -4.37. The Hall–Kier alpha value is -5.89. The number of halogens is 4. The Bertz CT molecular complexity index is 3050. The molecular formula is C54H52B2F4N4. The molecule has 2 atom stereocenters. The fraction of sp³-hybridized carbons (Fsp3) is 0.296. The predicted octanol–water partition coefficient (Wildman–Crippen LogP) is 12.8. The van der Waals surface area contributed by atoms with E-state index in [1.165, 1.54) is 17.9 Å². The summed E-state index contributed by atoms with van der Waals surface area (Å²) in [5.41, 5.74) is 16.3. The van der Waals surface area contributed by atoms with E-state index in [0.29, 0.717) is 58.4 Å². The van der Waals surface area contributed by atoms with Crippen LogP contribution in [0.1, 0.15) is 170 Å². The predicted molar refractivity (Wildman–Crippen MR) is 253 cm³/mol. The molecule has 0 saturated carbocycles. The Morgan fingerprint density at radius 1 is 0.469 bits per heavy atom. The van der Waals surface area contributed by atoms with Crippen LogP contribution in [0.4, 0.5) is 17.3 Å². The number of fused-ring (bicyclic) bond motifs is 9. The van der Waals surface area contributed by atoms with Crippen molar-refractivity contribution in [2.24, 2.45) is 0 Å². The third-order valence-corrected chi connectivity index (χ3v) is 15.8. The van der Waals surface area contributed by atoms with Crippen molar-refractivity contribution in [2.45, 2.75) is 105 Å². The molecule has 2 aromatic heterocycles. The first-order valence-corrected chi connectivity index (χ1v) is 23.0. The van der Waals surface area contributed by atoms with Crippen molar-refractivity contribution in [2.75, 3.05) is 0 Å². The molecule has 0 radical (unpaired) electrons. The van der Waals surface area contributed by atoms with E-state index in [0.717, 1.165) is 77.9 Å². The van der Waals surface area contributed by atoms with E-state index in [-0.39, 0.29) is 22.7 Å². The minimum Gasteiger partial charge on any atom is -0.393 e. The number of hydrogen-bond donors (Lipinski definition) is 0. The fourth-order valence-corrected chi connectivity index (χ4v) is 13.0. The summed E-state index contributed by atoms with van der Waals surface area (Å²) in [6.07, 6.45) is 1.37. The topological polar surface area (TPSA) is 15.9 Å². The molecule has 6 aromatic rings. The molecule has 3 aliphatic carbocycles. The van der Waals surface area contributed by atoms with Crippen molar-refractivity contribution >= 4 is 47.9 Å². The van der Waals surface area contributed by atoms with Gasteiger partial charge in [-0.15, -0.1) is 0 Å². The van der Waals surface area contributed by atoms with Crippen molar-refractivity contribution in [3.63, 3.8) is 0 Å². The summed E-state index contributed by atoms with van der Waals surface area (Å²) in [5.74, 6) is -0.721. The lowest BCUT2D eigenvalue weighted by Gasteiger charge is -2.40. The lowest BCUT2D eigenvalue weighted by Crippen LogP contribution is -2.51. The van der Waals surface area contributed by atoms with E-state index < -0.39 is 13.9 Å². The van der Waals surface area contributed by atoms with Gasteiger partial charge in [-0.3, -0.25) is 0 Å². The van der Waals surface area contributed by atoms with Crippen LogP contribution in [0.25, 0.3) is 22.5 Å². The van der Waals surface area contributed by atoms with E-state index in [1.807, 2.05) is 76.2 Å². The zero-order chi connectivity index (χ0) is 44.9. The number of hydrogen-bond acceptors (Lipinski definition) is 0. The second-order valence-corrected chi connectivity index (χ2v) is 21.2. The van der Waals surface area contributed by atoms with Crippen LogP contribution >= 0.6 is 0 Å². The summed E-state index contributed by atoms with van der Waals surface area (Å²) >= 11 is 0. The highest BCUT2D eigenvalue weighted by molar-refractivity contribution is 6.60. The summed E-state index contributed by atoms with van der Waals surface area (Å²) in [4.78, 5) is 0. The molecule has 0 spiro atoms. The van der Waals surface area contributed by atoms with Gasteiger partial charge < -0.3 is 35.2 Å². The van der Waals surface area contributed by atoms with Gasteiger partial charge in [0.25, 0.3) is 0 Å². The molecule has 0 unspecified atom stereocenters. The van der Waals surface area contributed by atoms with Crippen LogP contribution in [0.2, 0.25) is 0 Å². The van der Waals surface area contributed by atoms with E-state index in [2.05, 4.69) is 90.1 Å². The highest BCUT2D eigenvalue weighted by Gasteiger charge is 2.62. The molecule has 0 N–H and O–H groups in total. The average Bonchev–Trinajstić information content (AvgIpc) is 3.96. The van der Waals surface area contributed by atoms with Gasteiger partial charge in [0, 0.05) is 37.1 Å². The van der Waals surface area contributed by atoms with Crippen molar-refractivity contribution in [1.82, 2.24) is 8.96 Å². The number of aromatic nitrogens is 2. The molecule has 4 aromatic carbocycles. The molecule has 64 heavy (non-hydrogen) atoms. The van der Waals surface area contributed by atoms with Crippen molar-refractivity contribution in [1.29, 1.82) is 0 Å². The van der Waals surface area contributed by atoms with E-state index in [9.17, 15) is 0 Å². The Morgan fingerprint density at radius 3 is 1.12 bits per heavy atom. The molecule has 0 saturated heterocycles. The highest BCUT2D eigenvalue weighted by atomic mass is 19.3. The van der Waals surface area contributed by atoms with E-state index >= 15 is 17.3 Å². The lowest BCUT2D eigenvalue weighted by molar-refractivity contribution is -0.319. The number of benzene rings is 4. The molecule has 13 rings (SSSR count). The van der Waals surface area contributed by atoms with E-state index in [1.54, 1.807) is 0 Å². The smallest absolute Gasteiger partial charge is 0.393 e. The van der Waals surface area contributed by atoms with E-state index in [4.69, 9.17) is 0 Å². The second-order valence-electron chi connectivity index (χ2n) is 21.2. The molecule has 10 heteroatoms. The molecule has 4 aliphatic heterocycles. The first kappa shape index (κ1) is 39.7. The zero-order valence-corrected chi connectivity index (χ0v) is 38.3. The molecule has 2 bridgehead atoms. The van der Waals surface area contributed by atoms with Crippen LogP contribution in [0.3, 0.4) is 0 Å². The van der Waals surface area contributed by atoms with Gasteiger partial charge in [-0.25, -0.2) is 0 Å². The SMILES string of the molecule is CC1=[N+]2C(=C(c3ccc(C(C)(C)C)cc3)c3c4c(c(C)n3[B-]2(F)F)[C@@H]2CC[C@H]4c3c2c2n(c3C)[B-](F)(F)[N+]3=C(C)c4ccccc4C3=C2c2ccc(C(C)(C)C)cc2)c2ccccc21. The maximum atomic E-state index is 18.1. The van der Waals surface area contributed by atoms with Gasteiger partial charge in [0.15, 0.2) is 11.4 Å². The van der Waals surface area contributed by atoms with Crippen LogP contribution < -0.4 is 0 Å². The van der Waals surface area contributed by atoms with Crippen LogP contribution in [-0.4, -0.2) is 43.3 Å². The quantitative estimate of drug-likeness (QED) is 0.122. The molecule has 322 valence electrons. The lowest BCUT2D eigenvalue weighted by atomic mass is 9.63. The van der Waals surface area contributed by atoms with Crippen LogP contribution in [-0.2, 0) is 10.8 Å². The van der Waals surface area contributed by atoms with Crippen LogP contribution in [0, 0.1) is 13.8 Å². The van der Waals surface area contributed by atoms with Crippen molar-refractivity contribution in [3.05, 3.63) is 187 Å². The molecule has 7 aliphatic rings. The fourth-order valence-electron chi connectivity index (χ4n) is 13.0. The first-order valence-electron chi connectivity index (χ1n) is 23.0. The van der Waals surface area contributed by atoms with Gasteiger partial charge in [0.05, 0.1) is 33.4 Å². The largest absolute Gasteiger partial charge is 0.737 e. The Labute approximate surface area is 373 Å². The van der Waals surface area contributed by atoms with Crippen LogP contribution in [0.5, 0.6) is 0 Å². The Balaban J connectivity index is 1.17. The standard InChI is InChI=1S/C54H52B2F4N4/c1-29-37-15-11-13-17-39(37)49-45(33-19-23-35(24-20-33)53(5,6)7)51-47-42-28-27-41(43(47)31(3)63(51)55(57,58)61(29)49)48-44(42)32(4)64-52(48)46(34-21-25-36(26-22-34)54(8,9)10)50-40-18-14-12-16-38(40)30(2)62(50)56(64,59)60/h11-26,41-42H,27-28H2,1-10H3/t41-,42-/m0/s1. The Morgan fingerprint density at radius 2 is 0.797 bits per heavy atom. The molecule has 4 nitrogen and oxygen atoms in total. The third-order valence-electron chi connectivity index (χ3n) is 15.8. The second kappa shape index (κ2) is 12.5. The maximum Gasteiger partial charge on any atom is 0.737 e. The summed E-state index contributed by atoms with van der Waals surface area (Å²) < 4.78 is 77.8.